The van der Waals surface area contributed by atoms with E-state index >= 15 is 0 Å². The van der Waals surface area contributed by atoms with E-state index in [-0.39, 0.29) is 0 Å². The van der Waals surface area contributed by atoms with Crippen molar-refractivity contribution < 1.29 is 0 Å². The molecular weight excluding hydrogens is 120 g/mol. The molecule has 2 bridgehead atoms. The number of fused-ring (bicyclic) bond motifs is 2. The molecule has 2 aliphatic carbocycles. The Morgan fingerprint density at radius 1 is 1.10 bits per heavy atom. The maximum absolute atomic E-state index is 2.50. The van der Waals surface area contributed by atoms with E-state index in [0.717, 1.165) is 11.8 Å². The Morgan fingerprint density at radius 3 is 3.10 bits per heavy atom. The van der Waals surface area contributed by atoms with E-state index < -0.39 is 0 Å². The normalized spacial score (nSPS) is 39.2. The summed E-state index contributed by atoms with van der Waals surface area (Å²) in [5.74, 6) is 1.77. The van der Waals surface area contributed by atoms with Crippen molar-refractivity contribution in [2.24, 2.45) is 11.8 Å². The fourth-order valence-corrected chi connectivity index (χ4v) is 2.08. The minimum atomic E-state index is 0.838. The Kier molecular flexibility index (Phi) is 1.79. The first kappa shape index (κ1) is 6.45. The van der Waals surface area contributed by atoms with E-state index in [1.165, 1.54) is 32.1 Å². The third kappa shape index (κ3) is 1.25. The maximum atomic E-state index is 2.50. The predicted octanol–water partition coefficient (Wildman–Crippen LogP) is 2.96. The Bertz CT molecular complexity index is 121. The zero-order valence-corrected chi connectivity index (χ0v) is 6.42. The van der Waals surface area contributed by atoms with Crippen molar-refractivity contribution in [2.45, 2.75) is 32.1 Å². The molecule has 2 unspecified atom stereocenters. The van der Waals surface area contributed by atoms with Gasteiger partial charge < -0.3 is 0 Å². The highest BCUT2D eigenvalue weighted by atomic mass is 14.2. The average molecular weight is 135 g/mol. The monoisotopic (exact) mass is 135 g/mol. The summed E-state index contributed by atoms with van der Waals surface area (Å²) < 4.78 is 0. The Morgan fingerprint density at radius 2 is 2.10 bits per heavy atom. The van der Waals surface area contributed by atoms with Crippen molar-refractivity contribution in [1.29, 1.82) is 0 Å². The van der Waals surface area contributed by atoms with E-state index in [1.54, 1.807) is 0 Å². The van der Waals surface area contributed by atoms with Crippen LogP contribution in [0.15, 0.2) is 12.2 Å². The summed E-state index contributed by atoms with van der Waals surface area (Å²) in [5.41, 5.74) is 0. The molecule has 0 heteroatoms. The fourth-order valence-electron chi connectivity index (χ4n) is 2.08. The second kappa shape index (κ2) is 2.77. The smallest absolute Gasteiger partial charge is 0.0197 e. The minimum absolute atomic E-state index is 0.838. The van der Waals surface area contributed by atoms with Crippen LogP contribution in [-0.2, 0) is 0 Å². The number of hydrogen-bond acceptors (Lipinski definition) is 0. The average Bonchev–Trinajstić information content (AvgIpc) is 2.30. The Labute approximate surface area is 63.3 Å². The highest BCUT2D eigenvalue weighted by molar-refractivity contribution is 5.07. The van der Waals surface area contributed by atoms with Crippen molar-refractivity contribution in [3.8, 4) is 0 Å². The van der Waals surface area contributed by atoms with Crippen LogP contribution in [0.25, 0.3) is 0 Å². The van der Waals surface area contributed by atoms with Crippen LogP contribution < -0.4 is 0 Å². The highest BCUT2D eigenvalue weighted by Crippen LogP contribution is 2.32. The van der Waals surface area contributed by atoms with E-state index in [2.05, 4.69) is 18.6 Å². The predicted molar refractivity (Wildman–Crippen MR) is 43.5 cm³/mol. The van der Waals surface area contributed by atoms with Gasteiger partial charge in [0, 0.05) is 0 Å². The third-order valence-electron chi connectivity index (χ3n) is 2.70. The van der Waals surface area contributed by atoms with Crippen molar-refractivity contribution in [3.05, 3.63) is 18.6 Å². The van der Waals surface area contributed by atoms with Crippen molar-refractivity contribution in [3.63, 3.8) is 0 Å². The number of allylic oxidation sites excluding steroid dienone is 2. The third-order valence-corrected chi connectivity index (χ3v) is 2.70. The van der Waals surface area contributed by atoms with Crippen LogP contribution in [0.4, 0.5) is 0 Å². The van der Waals surface area contributed by atoms with E-state index in [9.17, 15) is 0 Å². The van der Waals surface area contributed by atoms with Crippen molar-refractivity contribution in [2.75, 3.05) is 0 Å². The summed E-state index contributed by atoms with van der Waals surface area (Å²) in [5, 5.41) is 0. The van der Waals surface area contributed by atoms with Crippen molar-refractivity contribution >= 4 is 0 Å². The van der Waals surface area contributed by atoms with Crippen molar-refractivity contribution in [1.82, 2.24) is 0 Å². The maximum Gasteiger partial charge on any atom is -0.0197 e. The molecule has 0 aromatic rings. The van der Waals surface area contributed by atoms with Gasteiger partial charge in [-0.25, -0.2) is 0 Å². The first-order chi connectivity index (χ1) is 4.95. The molecule has 0 amide bonds. The lowest BCUT2D eigenvalue weighted by Crippen LogP contribution is -2.02. The molecule has 0 aromatic heterocycles. The zero-order valence-electron chi connectivity index (χ0n) is 6.42. The van der Waals surface area contributed by atoms with E-state index in [1.807, 2.05) is 0 Å². The van der Waals surface area contributed by atoms with Gasteiger partial charge in [-0.1, -0.05) is 25.0 Å². The SMILES string of the molecule is [CH]1CCCCC2C=CC1C2. The molecule has 2 atom stereocenters. The van der Waals surface area contributed by atoms with E-state index in [4.69, 9.17) is 0 Å². The molecule has 2 rings (SSSR count). The van der Waals surface area contributed by atoms with Gasteiger partial charge in [0.05, 0.1) is 0 Å². The zero-order chi connectivity index (χ0) is 6.81. The summed E-state index contributed by atoms with van der Waals surface area (Å²) in [7, 11) is 0. The largest absolute Gasteiger partial charge is 0.0851 e. The first-order valence-corrected chi connectivity index (χ1v) is 4.47. The molecule has 1 radical (unpaired) electrons. The molecule has 1 fully saturated rings. The van der Waals surface area contributed by atoms with Gasteiger partial charge in [-0.15, -0.1) is 0 Å². The second-order valence-corrected chi connectivity index (χ2v) is 3.56. The van der Waals surface area contributed by atoms with Crippen LogP contribution in [0.5, 0.6) is 0 Å². The summed E-state index contributed by atoms with van der Waals surface area (Å²) >= 11 is 0. The van der Waals surface area contributed by atoms with E-state index in [0.29, 0.717) is 0 Å². The lowest BCUT2D eigenvalue weighted by Gasteiger charge is -2.14. The Balaban J connectivity index is 1.98. The molecular formula is C10H15. The molecule has 55 valence electrons. The van der Waals surface area contributed by atoms with Gasteiger partial charge in [0.2, 0.25) is 0 Å². The number of rotatable bonds is 0. The lowest BCUT2D eigenvalue weighted by atomic mass is 9.90. The summed E-state index contributed by atoms with van der Waals surface area (Å²) in [6.45, 7) is 0. The molecule has 0 saturated heterocycles. The molecule has 2 aliphatic rings. The minimum Gasteiger partial charge on any atom is -0.0851 e. The van der Waals surface area contributed by atoms with Gasteiger partial charge in [0.15, 0.2) is 0 Å². The van der Waals surface area contributed by atoms with Crippen LogP contribution >= 0.6 is 0 Å². The molecule has 10 heavy (non-hydrogen) atoms. The van der Waals surface area contributed by atoms with Gasteiger partial charge in [-0.05, 0) is 37.5 Å². The molecule has 0 heterocycles. The summed E-state index contributed by atoms with van der Waals surface area (Å²) in [4.78, 5) is 0. The van der Waals surface area contributed by atoms with Gasteiger partial charge in [-0.2, -0.15) is 0 Å². The molecule has 0 aliphatic heterocycles. The summed E-state index contributed by atoms with van der Waals surface area (Å²) in [6.07, 6.45) is 14.4. The molecule has 0 spiro atoms. The van der Waals surface area contributed by atoms with Crippen LogP contribution in [0.2, 0.25) is 0 Å². The molecule has 0 N–H and O–H groups in total. The Hall–Kier alpha value is -0.260. The van der Waals surface area contributed by atoms with Gasteiger partial charge in [0.1, 0.15) is 0 Å². The van der Waals surface area contributed by atoms with Gasteiger partial charge in [-0.3, -0.25) is 0 Å². The second-order valence-electron chi connectivity index (χ2n) is 3.56. The summed E-state index contributed by atoms with van der Waals surface area (Å²) in [6, 6.07) is 0. The lowest BCUT2D eigenvalue weighted by molar-refractivity contribution is 0.460. The standard InChI is InChI=1S/C10H15/c1-2-4-9-6-7-10(8-9)5-3-1/h4,6-7,9-10H,1-3,5,8H2. The van der Waals surface area contributed by atoms with Gasteiger partial charge in [0.25, 0.3) is 0 Å². The van der Waals surface area contributed by atoms with Crippen LogP contribution in [0.1, 0.15) is 32.1 Å². The van der Waals surface area contributed by atoms with Crippen LogP contribution in [-0.4, -0.2) is 0 Å². The molecule has 1 saturated carbocycles. The fraction of sp³-hybridized carbons (Fsp3) is 0.700. The molecule has 0 aromatic carbocycles. The number of hydrogen-bond donors (Lipinski definition) is 0. The quantitative estimate of drug-likeness (QED) is 0.448. The first-order valence-electron chi connectivity index (χ1n) is 4.47. The van der Waals surface area contributed by atoms with Gasteiger partial charge >= 0.3 is 0 Å². The van der Waals surface area contributed by atoms with Crippen LogP contribution in [0.3, 0.4) is 0 Å². The highest BCUT2D eigenvalue weighted by Gasteiger charge is 2.19. The van der Waals surface area contributed by atoms with Crippen LogP contribution in [0, 0.1) is 18.3 Å². The topological polar surface area (TPSA) is 0 Å². The molecule has 0 nitrogen and oxygen atoms in total.